The van der Waals surface area contributed by atoms with Gasteiger partial charge in [-0.1, -0.05) is 11.6 Å². The first-order valence-corrected chi connectivity index (χ1v) is 8.13. The summed E-state index contributed by atoms with van der Waals surface area (Å²) in [5.74, 6) is -0.173. The first-order valence-electron chi connectivity index (χ1n) is 5.39. The van der Waals surface area contributed by atoms with Crippen molar-refractivity contribution in [2.75, 3.05) is 12.9 Å². The summed E-state index contributed by atoms with van der Waals surface area (Å²) in [6.45, 7) is 1.92. The summed E-state index contributed by atoms with van der Waals surface area (Å²) >= 11 is 9.62. The van der Waals surface area contributed by atoms with Gasteiger partial charge >= 0.3 is 0 Å². The Morgan fingerprint density at radius 2 is 2.28 bits per heavy atom. The highest BCUT2D eigenvalue weighted by Crippen LogP contribution is 2.20. The maximum atomic E-state index is 12.0. The van der Waals surface area contributed by atoms with Crippen LogP contribution in [0.1, 0.15) is 17.3 Å². The van der Waals surface area contributed by atoms with E-state index in [4.69, 9.17) is 16.7 Å². The van der Waals surface area contributed by atoms with Crippen molar-refractivity contribution in [2.45, 2.75) is 18.2 Å². The largest absolute Gasteiger partial charge is 0.395 e. The second-order valence-electron chi connectivity index (χ2n) is 3.85. The number of aliphatic hydroxyl groups is 1. The maximum Gasteiger partial charge on any atom is 0.251 e. The van der Waals surface area contributed by atoms with E-state index < -0.39 is 0 Å². The Morgan fingerprint density at radius 3 is 2.78 bits per heavy atom. The summed E-state index contributed by atoms with van der Waals surface area (Å²) < 4.78 is 0.913. The van der Waals surface area contributed by atoms with Gasteiger partial charge in [0.25, 0.3) is 5.91 Å². The summed E-state index contributed by atoms with van der Waals surface area (Å²) in [4.78, 5) is 12.0. The summed E-state index contributed by atoms with van der Waals surface area (Å²) in [5.41, 5.74) is 0.532. The van der Waals surface area contributed by atoms with Gasteiger partial charge in [-0.05, 0) is 54.0 Å². The molecular formula is C12H15ClINO2S. The summed E-state index contributed by atoms with van der Waals surface area (Å²) in [7, 11) is 0. The highest BCUT2D eigenvalue weighted by atomic mass is 127. The van der Waals surface area contributed by atoms with Crippen LogP contribution in [0.3, 0.4) is 0 Å². The SMILES string of the molecule is CSC(CO)C(C)NC(=O)c1ccc(I)c(Cl)c1. The fourth-order valence-corrected chi connectivity index (χ4v) is 2.60. The van der Waals surface area contributed by atoms with Crippen LogP contribution in [0.25, 0.3) is 0 Å². The monoisotopic (exact) mass is 399 g/mol. The van der Waals surface area contributed by atoms with Gasteiger partial charge < -0.3 is 10.4 Å². The lowest BCUT2D eigenvalue weighted by atomic mass is 10.2. The highest BCUT2D eigenvalue weighted by Gasteiger charge is 2.18. The van der Waals surface area contributed by atoms with Gasteiger partial charge in [-0.15, -0.1) is 0 Å². The third-order valence-corrected chi connectivity index (χ3v) is 5.32. The number of benzene rings is 1. The quantitative estimate of drug-likeness (QED) is 0.749. The number of aliphatic hydroxyl groups excluding tert-OH is 1. The first-order chi connectivity index (χ1) is 8.49. The fraction of sp³-hybridized carbons (Fsp3) is 0.417. The molecule has 2 N–H and O–H groups in total. The molecule has 6 heteroatoms. The number of rotatable bonds is 5. The Hall–Kier alpha value is 0.0200. The fourth-order valence-electron chi connectivity index (χ4n) is 1.46. The van der Waals surface area contributed by atoms with Gasteiger partial charge in [0.2, 0.25) is 0 Å². The molecule has 1 rings (SSSR count). The number of carbonyl (C=O) groups excluding carboxylic acids is 1. The zero-order chi connectivity index (χ0) is 13.7. The predicted octanol–water partition coefficient (Wildman–Crippen LogP) is 2.79. The van der Waals surface area contributed by atoms with E-state index in [0.29, 0.717) is 10.6 Å². The Balaban J connectivity index is 2.73. The molecule has 0 radical (unpaired) electrons. The van der Waals surface area contributed by atoms with Gasteiger partial charge in [0.05, 0.1) is 11.6 Å². The molecule has 0 aliphatic carbocycles. The number of nitrogens with one attached hydrogen (secondary N) is 1. The number of amides is 1. The molecule has 18 heavy (non-hydrogen) atoms. The first kappa shape index (κ1) is 16.1. The molecule has 0 bridgehead atoms. The molecule has 0 aliphatic rings. The van der Waals surface area contributed by atoms with Crippen LogP contribution in [0.4, 0.5) is 0 Å². The van der Waals surface area contributed by atoms with Crippen LogP contribution in [0.5, 0.6) is 0 Å². The topological polar surface area (TPSA) is 49.3 Å². The lowest BCUT2D eigenvalue weighted by Crippen LogP contribution is -2.41. The standard InChI is InChI=1S/C12H15ClINO2S/c1-7(11(6-16)18-2)15-12(17)8-3-4-10(14)9(13)5-8/h3-5,7,11,16H,6H2,1-2H3,(H,15,17). The van der Waals surface area contributed by atoms with Gasteiger partial charge in [-0.3, -0.25) is 4.79 Å². The van der Waals surface area contributed by atoms with Gasteiger partial charge in [0.1, 0.15) is 0 Å². The molecule has 0 heterocycles. The van der Waals surface area contributed by atoms with Crippen LogP contribution < -0.4 is 5.32 Å². The minimum atomic E-state index is -0.173. The van der Waals surface area contributed by atoms with Gasteiger partial charge in [-0.2, -0.15) is 11.8 Å². The van der Waals surface area contributed by atoms with E-state index in [0.717, 1.165) is 3.57 Å². The zero-order valence-electron chi connectivity index (χ0n) is 10.1. The summed E-state index contributed by atoms with van der Waals surface area (Å²) in [5, 5.41) is 12.6. The van der Waals surface area contributed by atoms with E-state index in [-0.39, 0.29) is 23.8 Å². The van der Waals surface area contributed by atoms with Crippen molar-refractivity contribution in [2.24, 2.45) is 0 Å². The number of thioether (sulfide) groups is 1. The molecule has 0 spiro atoms. The Morgan fingerprint density at radius 1 is 1.61 bits per heavy atom. The minimum absolute atomic E-state index is 0.00623. The smallest absolute Gasteiger partial charge is 0.251 e. The van der Waals surface area contributed by atoms with E-state index in [1.54, 1.807) is 18.2 Å². The molecule has 2 unspecified atom stereocenters. The van der Waals surface area contributed by atoms with Gasteiger partial charge in [0, 0.05) is 20.4 Å². The Bertz CT molecular complexity index is 427. The minimum Gasteiger partial charge on any atom is -0.395 e. The lowest BCUT2D eigenvalue weighted by molar-refractivity contribution is 0.0936. The van der Waals surface area contributed by atoms with Crippen molar-refractivity contribution in [1.82, 2.24) is 5.32 Å². The van der Waals surface area contributed by atoms with Crippen LogP contribution in [-0.2, 0) is 0 Å². The molecule has 0 aliphatic heterocycles. The molecule has 1 amide bonds. The van der Waals surface area contributed by atoms with Crippen molar-refractivity contribution >= 4 is 51.9 Å². The van der Waals surface area contributed by atoms with Crippen molar-refractivity contribution < 1.29 is 9.90 Å². The highest BCUT2D eigenvalue weighted by molar-refractivity contribution is 14.1. The van der Waals surface area contributed by atoms with Crippen LogP contribution in [0.2, 0.25) is 5.02 Å². The summed E-state index contributed by atoms with van der Waals surface area (Å²) in [6.07, 6.45) is 1.91. The zero-order valence-corrected chi connectivity index (χ0v) is 13.8. The number of hydrogen-bond donors (Lipinski definition) is 2. The molecule has 0 aromatic heterocycles. The van der Waals surface area contributed by atoms with Crippen LogP contribution in [0.15, 0.2) is 18.2 Å². The average molecular weight is 400 g/mol. The number of halogens is 2. The van der Waals surface area contributed by atoms with Crippen molar-refractivity contribution in [1.29, 1.82) is 0 Å². The molecule has 1 aromatic carbocycles. The van der Waals surface area contributed by atoms with Crippen molar-refractivity contribution in [3.8, 4) is 0 Å². The second kappa shape index (κ2) is 7.57. The summed E-state index contributed by atoms with van der Waals surface area (Å²) in [6, 6.07) is 5.09. The van der Waals surface area contributed by atoms with Crippen LogP contribution in [0, 0.1) is 3.57 Å². The van der Waals surface area contributed by atoms with E-state index >= 15 is 0 Å². The molecule has 2 atom stereocenters. The van der Waals surface area contributed by atoms with Crippen molar-refractivity contribution in [3.63, 3.8) is 0 Å². The van der Waals surface area contributed by atoms with Gasteiger partial charge in [0.15, 0.2) is 0 Å². The molecule has 100 valence electrons. The Labute approximate surface area is 130 Å². The van der Waals surface area contributed by atoms with Crippen molar-refractivity contribution in [3.05, 3.63) is 32.4 Å². The van der Waals surface area contributed by atoms with E-state index in [2.05, 4.69) is 27.9 Å². The molecule has 0 saturated heterocycles. The molecule has 1 aromatic rings. The number of hydrogen-bond acceptors (Lipinski definition) is 3. The normalized spacial score (nSPS) is 14.1. The lowest BCUT2D eigenvalue weighted by Gasteiger charge is -2.21. The second-order valence-corrected chi connectivity index (χ2v) is 6.49. The third kappa shape index (κ3) is 4.29. The Kier molecular flexibility index (Phi) is 6.76. The van der Waals surface area contributed by atoms with Gasteiger partial charge in [-0.25, -0.2) is 0 Å². The van der Waals surface area contributed by atoms with E-state index in [1.165, 1.54) is 11.8 Å². The third-order valence-electron chi connectivity index (χ3n) is 2.58. The average Bonchev–Trinajstić information content (AvgIpc) is 2.34. The molecule has 0 fully saturated rings. The molecular weight excluding hydrogens is 385 g/mol. The predicted molar refractivity (Wildman–Crippen MR) is 85.5 cm³/mol. The molecule has 3 nitrogen and oxygen atoms in total. The maximum absolute atomic E-state index is 12.0. The van der Waals surface area contributed by atoms with Crippen LogP contribution >= 0.6 is 46.0 Å². The van der Waals surface area contributed by atoms with E-state index in [9.17, 15) is 4.79 Å². The number of carbonyl (C=O) groups is 1. The molecule has 0 saturated carbocycles. The van der Waals surface area contributed by atoms with E-state index in [1.807, 2.05) is 13.2 Å². The van der Waals surface area contributed by atoms with Crippen LogP contribution in [-0.4, -0.2) is 35.2 Å².